The molecule has 0 unspecified atom stereocenters. The van der Waals surface area contributed by atoms with Crippen molar-refractivity contribution < 1.29 is 23.0 Å². The molecule has 164 valence electrons. The first-order chi connectivity index (χ1) is 15.5. The lowest BCUT2D eigenvalue weighted by molar-refractivity contribution is 0.249. The number of hydrogen-bond acceptors (Lipinski definition) is 7. The van der Waals surface area contributed by atoms with Gasteiger partial charge in [0.25, 0.3) is 0 Å². The van der Waals surface area contributed by atoms with Crippen molar-refractivity contribution in [3.63, 3.8) is 0 Å². The molecule has 4 aromatic rings. The average Bonchev–Trinajstić information content (AvgIpc) is 3.48. The van der Waals surface area contributed by atoms with Gasteiger partial charge in [-0.05, 0) is 0 Å². The molecule has 3 aromatic heterocycles. The normalized spacial score (nSPS) is 13.6. The second-order valence-corrected chi connectivity index (χ2v) is 7.68. The summed E-state index contributed by atoms with van der Waals surface area (Å²) in [5.41, 5.74) is 3.37. The topological polar surface area (TPSA) is 96.5 Å². The summed E-state index contributed by atoms with van der Waals surface area (Å²) in [6, 6.07) is 0.465. The van der Waals surface area contributed by atoms with Gasteiger partial charge in [0.05, 0.1) is 55.8 Å². The first-order valence-electron chi connectivity index (χ1n) is 9.40. The van der Waals surface area contributed by atoms with Gasteiger partial charge in [0.15, 0.2) is 28.8 Å². The zero-order chi connectivity index (χ0) is 22.4. The van der Waals surface area contributed by atoms with Crippen molar-refractivity contribution >= 4 is 39.8 Å². The number of methoxy groups -OCH3 is 2. The maximum atomic E-state index is 15.2. The number of nitrogens with zero attached hydrogens (tertiary/aromatic N) is 5. The van der Waals surface area contributed by atoms with Crippen LogP contribution in [0.5, 0.6) is 11.5 Å². The van der Waals surface area contributed by atoms with Crippen molar-refractivity contribution in [3.8, 4) is 11.5 Å². The highest BCUT2D eigenvalue weighted by Crippen LogP contribution is 2.42. The summed E-state index contributed by atoms with van der Waals surface area (Å²) >= 11 is 1.38. The zero-order valence-corrected chi connectivity index (χ0v) is 17.7. The molecule has 0 aliphatic carbocycles. The lowest BCUT2D eigenvalue weighted by Gasteiger charge is -2.37. The Morgan fingerprint density at radius 3 is 2.53 bits per heavy atom. The molecule has 9 nitrogen and oxygen atoms in total. The number of pyridine rings is 1. The number of aromatic amines is 1. The molecule has 32 heavy (non-hydrogen) atoms. The van der Waals surface area contributed by atoms with E-state index in [0.29, 0.717) is 28.0 Å². The van der Waals surface area contributed by atoms with Crippen LogP contribution in [0.15, 0.2) is 29.4 Å². The number of hydrogen-bond donors (Lipinski definition) is 1. The highest BCUT2D eigenvalue weighted by atomic mass is 32.1. The number of anilines is 2. The number of carbonyl (C=O) groups is 1. The molecule has 5 rings (SSSR count). The van der Waals surface area contributed by atoms with Crippen LogP contribution in [0.1, 0.15) is 11.3 Å². The van der Waals surface area contributed by atoms with E-state index in [1.807, 2.05) is 0 Å². The van der Waals surface area contributed by atoms with Gasteiger partial charge in [0, 0.05) is 23.2 Å². The van der Waals surface area contributed by atoms with Gasteiger partial charge in [-0.15, -0.1) is 11.3 Å². The van der Waals surface area contributed by atoms with E-state index in [0.717, 1.165) is 11.0 Å². The predicted octanol–water partition coefficient (Wildman–Crippen LogP) is 3.86. The summed E-state index contributed by atoms with van der Waals surface area (Å²) in [6.07, 6.45) is 3.12. The largest absolute Gasteiger partial charge is 0.493 e. The van der Waals surface area contributed by atoms with Crippen LogP contribution in [0.2, 0.25) is 0 Å². The number of benzene rings is 1. The third kappa shape index (κ3) is 3.02. The fraction of sp³-hybridized carbons (Fsp3) is 0.200. The minimum atomic E-state index is -1.01. The van der Waals surface area contributed by atoms with Crippen LogP contribution in [-0.2, 0) is 13.1 Å². The van der Waals surface area contributed by atoms with E-state index < -0.39 is 23.4 Å². The van der Waals surface area contributed by atoms with Crippen molar-refractivity contribution in [2.75, 3.05) is 24.0 Å². The molecule has 12 heteroatoms. The number of amides is 2. The standard InChI is InChI=1S/C20H16F2N6O3S/c1-30-13-3-14(31-2)16(22)18(15(13)21)27-6-10-4-23-19-12(5-25-26-19)17(10)28(20(27)29)7-11-8-32-9-24-11/h3-5,8-9H,6-7H2,1-2H3,(H,23,25,26). The van der Waals surface area contributed by atoms with E-state index in [1.165, 1.54) is 30.5 Å². The minimum Gasteiger partial charge on any atom is -0.493 e. The number of H-pyrrole nitrogens is 1. The number of fused-ring (bicyclic) bond motifs is 3. The summed E-state index contributed by atoms with van der Waals surface area (Å²) in [6.45, 7) is -0.0134. The summed E-state index contributed by atoms with van der Waals surface area (Å²) in [7, 11) is 2.50. The van der Waals surface area contributed by atoms with Crippen LogP contribution >= 0.6 is 11.3 Å². The molecule has 0 fully saturated rings. The number of nitrogens with one attached hydrogen (secondary N) is 1. The lowest BCUT2D eigenvalue weighted by atomic mass is 10.1. The Kier molecular flexibility index (Phi) is 4.85. The van der Waals surface area contributed by atoms with Gasteiger partial charge in [-0.25, -0.2) is 23.5 Å². The van der Waals surface area contributed by atoms with Gasteiger partial charge in [-0.3, -0.25) is 14.9 Å². The van der Waals surface area contributed by atoms with Crippen molar-refractivity contribution in [2.24, 2.45) is 0 Å². The van der Waals surface area contributed by atoms with Gasteiger partial charge in [0.1, 0.15) is 5.69 Å². The Labute approximate surface area is 184 Å². The van der Waals surface area contributed by atoms with E-state index in [9.17, 15) is 4.79 Å². The summed E-state index contributed by atoms with van der Waals surface area (Å²) in [5, 5.41) is 9.21. The number of urea groups is 1. The summed E-state index contributed by atoms with van der Waals surface area (Å²) in [4.78, 5) is 24.6. The molecule has 0 atom stereocenters. The van der Waals surface area contributed by atoms with E-state index in [4.69, 9.17) is 9.47 Å². The fourth-order valence-corrected chi connectivity index (χ4v) is 4.30. The van der Waals surface area contributed by atoms with Crippen LogP contribution in [0.4, 0.5) is 25.0 Å². The summed E-state index contributed by atoms with van der Waals surface area (Å²) < 4.78 is 40.5. The van der Waals surface area contributed by atoms with E-state index in [2.05, 4.69) is 20.2 Å². The fourth-order valence-electron chi connectivity index (χ4n) is 3.75. The number of carbonyl (C=O) groups excluding carboxylic acids is 1. The molecule has 1 aliphatic rings. The average molecular weight is 458 g/mol. The molecular formula is C20H16F2N6O3S. The molecule has 1 aliphatic heterocycles. The third-order valence-electron chi connectivity index (χ3n) is 5.21. The van der Waals surface area contributed by atoms with Crippen molar-refractivity contribution in [2.45, 2.75) is 13.1 Å². The highest BCUT2D eigenvalue weighted by Gasteiger charge is 2.38. The SMILES string of the molecule is COc1cc(OC)c(F)c(N2Cc3cnc4[nH]ncc4c3N(Cc3cscn3)C2=O)c1F. The zero-order valence-electron chi connectivity index (χ0n) is 16.9. The van der Waals surface area contributed by atoms with Crippen molar-refractivity contribution in [1.29, 1.82) is 0 Å². The van der Waals surface area contributed by atoms with E-state index >= 15 is 8.78 Å². The third-order valence-corrected chi connectivity index (χ3v) is 5.85. The van der Waals surface area contributed by atoms with Gasteiger partial charge < -0.3 is 9.47 Å². The van der Waals surface area contributed by atoms with E-state index in [-0.39, 0.29) is 24.6 Å². The number of thiazole rings is 1. The molecule has 0 radical (unpaired) electrons. The van der Waals surface area contributed by atoms with Crippen LogP contribution in [0, 0.1) is 11.6 Å². The molecule has 1 aromatic carbocycles. The van der Waals surface area contributed by atoms with Crippen molar-refractivity contribution in [1.82, 2.24) is 20.2 Å². The van der Waals surface area contributed by atoms with Crippen LogP contribution in [0.25, 0.3) is 11.0 Å². The minimum absolute atomic E-state index is 0.0977. The quantitative estimate of drug-likeness (QED) is 0.488. The van der Waals surface area contributed by atoms with Gasteiger partial charge in [-0.1, -0.05) is 0 Å². The van der Waals surface area contributed by atoms with E-state index in [1.54, 1.807) is 23.3 Å². The molecular weight excluding hydrogens is 442 g/mol. The molecule has 0 bridgehead atoms. The summed E-state index contributed by atoms with van der Waals surface area (Å²) in [5.74, 6) is -2.50. The first kappa shape index (κ1) is 20.1. The smallest absolute Gasteiger partial charge is 0.329 e. The predicted molar refractivity (Wildman–Crippen MR) is 113 cm³/mol. The molecule has 2 amide bonds. The van der Waals surface area contributed by atoms with Gasteiger partial charge >= 0.3 is 6.03 Å². The maximum Gasteiger partial charge on any atom is 0.329 e. The molecule has 0 saturated heterocycles. The second kappa shape index (κ2) is 7.71. The molecule has 0 spiro atoms. The molecule has 0 saturated carbocycles. The Bertz CT molecular complexity index is 1300. The number of ether oxygens (including phenoxy) is 2. The van der Waals surface area contributed by atoms with Gasteiger partial charge in [0.2, 0.25) is 0 Å². The molecule has 4 heterocycles. The Hall–Kier alpha value is -3.80. The monoisotopic (exact) mass is 458 g/mol. The Balaban J connectivity index is 1.71. The Morgan fingerprint density at radius 1 is 1.12 bits per heavy atom. The van der Waals surface area contributed by atoms with Crippen LogP contribution in [-0.4, -0.2) is 40.4 Å². The van der Waals surface area contributed by atoms with Crippen LogP contribution < -0.4 is 19.3 Å². The molecule has 1 N–H and O–H groups in total. The highest BCUT2D eigenvalue weighted by molar-refractivity contribution is 7.07. The number of halogens is 2. The van der Waals surface area contributed by atoms with Crippen molar-refractivity contribution in [3.05, 3.63) is 52.2 Å². The number of rotatable bonds is 5. The maximum absolute atomic E-state index is 15.2. The van der Waals surface area contributed by atoms with Crippen LogP contribution in [0.3, 0.4) is 0 Å². The second-order valence-electron chi connectivity index (χ2n) is 6.96. The lowest BCUT2D eigenvalue weighted by Crippen LogP contribution is -2.48. The first-order valence-corrected chi connectivity index (χ1v) is 10.3. The number of aromatic nitrogens is 4. The Morgan fingerprint density at radius 2 is 1.88 bits per heavy atom. The van der Waals surface area contributed by atoms with Gasteiger partial charge in [-0.2, -0.15) is 5.10 Å².